The highest BCUT2D eigenvalue weighted by Crippen LogP contribution is 2.07. The van der Waals surface area contributed by atoms with Crippen LogP contribution in [0.2, 0.25) is 0 Å². The average Bonchev–Trinajstić information content (AvgIpc) is 2.83. The summed E-state index contributed by atoms with van der Waals surface area (Å²) in [5, 5.41) is 20.5. The number of amides is 1. The van der Waals surface area contributed by atoms with E-state index < -0.39 is 11.9 Å². The first-order valence-corrected chi connectivity index (χ1v) is 4.53. The van der Waals surface area contributed by atoms with Gasteiger partial charge in [0.1, 0.15) is 5.69 Å². The van der Waals surface area contributed by atoms with Crippen LogP contribution in [-0.2, 0) is 0 Å². The molecule has 8 heteroatoms. The molecule has 0 unspecified atom stereocenters. The Morgan fingerprint density at radius 2 is 2.06 bits per heavy atom. The Hall–Kier alpha value is -2.77. The molecule has 0 aliphatic rings. The van der Waals surface area contributed by atoms with Gasteiger partial charge in [0.2, 0.25) is 0 Å². The summed E-state index contributed by atoms with van der Waals surface area (Å²) in [4.78, 5) is 25.7. The maximum Gasteiger partial charge on any atom is 0.354 e. The van der Waals surface area contributed by atoms with Gasteiger partial charge in [-0.1, -0.05) is 0 Å². The molecule has 2 rings (SSSR count). The van der Waals surface area contributed by atoms with Crippen molar-refractivity contribution in [1.29, 1.82) is 0 Å². The van der Waals surface area contributed by atoms with Crippen LogP contribution in [0.15, 0.2) is 24.5 Å². The van der Waals surface area contributed by atoms with Crippen molar-refractivity contribution in [2.24, 2.45) is 0 Å². The van der Waals surface area contributed by atoms with Crippen LogP contribution in [0.1, 0.15) is 21.0 Å². The molecule has 0 fully saturated rings. The van der Waals surface area contributed by atoms with Crippen molar-refractivity contribution >= 4 is 17.6 Å². The molecule has 0 saturated carbocycles. The van der Waals surface area contributed by atoms with E-state index in [4.69, 9.17) is 5.11 Å². The van der Waals surface area contributed by atoms with Crippen molar-refractivity contribution in [3.8, 4) is 0 Å². The van der Waals surface area contributed by atoms with Crippen LogP contribution in [0.3, 0.4) is 0 Å². The van der Waals surface area contributed by atoms with E-state index in [1.54, 1.807) is 0 Å². The fraction of sp³-hybridized carbons (Fsp3) is 0. The van der Waals surface area contributed by atoms with Gasteiger partial charge in [-0.05, 0) is 12.1 Å². The minimum atomic E-state index is -1.13. The number of hydrogen-bond acceptors (Lipinski definition) is 5. The largest absolute Gasteiger partial charge is 0.477 e. The number of aromatic carboxylic acids is 1. The van der Waals surface area contributed by atoms with E-state index in [1.165, 1.54) is 24.5 Å². The van der Waals surface area contributed by atoms with Crippen LogP contribution in [0.25, 0.3) is 0 Å². The molecule has 17 heavy (non-hydrogen) atoms. The van der Waals surface area contributed by atoms with Crippen LogP contribution in [-0.4, -0.2) is 37.4 Å². The van der Waals surface area contributed by atoms with E-state index in [0.717, 1.165) is 0 Å². The summed E-state index contributed by atoms with van der Waals surface area (Å²) in [5.41, 5.74) is 0.416. The molecule has 2 aromatic heterocycles. The zero-order valence-electron chi connectivity index (χ0n) is 8.41. The van der Waals surface area contributed by atoms with Gasteiger partial charge in [-0.25, -0.2) is 9.78 Å². The molecule has 0 bridgehead atoms. The normalized spacial score (nSPS) is 9.88. The summed E-state index contributed by atoms with van der Waals surface area (Å²) in [6, 6.07) is 2.73. The predicted molar refractivity (Wildman–Crippen MR) is 55.5 cm³/mol. The first-order valence-electron chi connectivity index (χ1n) is 4.53. The molecule has 2 heterocycles. The first kappa shape index (κ1) is 10.7. The van der Waals surface area contributed by atoms with Gasteiger partial charge >= 0.3 is 5.97 Å². The molecule has 0 atom stereocenters. The number of aromatic nitrogens is 4. The van der Waals surface area contributed by atoms with E-state index in [0.29, 0.717) is 5.69 Å². The van der Waals surface area contributed by atoms with Gasteiger partial charge in [-0.3, -0.25) is 4.79 Å². The second-order valence-electron chi connectivity index (χ2n) is 3.05. The fourth-order valence-electron chi connectivity index (χ4n) is 1.10. The van der Waals surface area contributed by atoms with Crippen LogP contribution in [0.5, 0.6) is 0 Å². The third-order valence-corrected chi connectivity index (χ3v) is 1.89. The zero-order valence-corrected chi connectivity index (χ0v) is 8.41. The number of nitrogens with one attached hydrogen (secondary N) is 2. The molecule has 0 radical (unpaired) electrons. The number of H-pyrrole nitrogens is 1. The van der Waals surface area contributed by atoms with Gasteiger partial charge in [-0.2, -0.15) is 15.4 Å². The number of carboxylic acid groups (broad SMARTS) is 1. The number of carbonyl (C=O) groups is 2. The molecule has 1 amide bonds. The number of hydrogen-bond donors (Lipinski definition) is 3. The molecular formula is C9H7N5O3. The van der Waals surface area contributed by atoms with E-state index in [-0.39, 0.29) is 11.4 Å². The van der Waals surface area contributed by atoms with Gasteiger partial charge in [0.05, 0.1) is 18.1 Å². The number of rotatable bonds is 3. The van der Waals surface area contributed by atoms with Gasteiger partial charge in [0.15, 0.2) is 5.69 Å². The van der Waals surface area contributed by atoms with Crippen LogP contribution < -0.4 is 5.32 Å². The van der Waals surface area contributed by atoms with Crippen molar-refractivity contribution in [2.75, 3.05) is 5.32 Å². The SMILES string of the molecule is O=C(O)c1ccc(NC(=O)c2cn[nH]n2)cn1. The highest BCUT2D eigenvalue weighted by molar-refractivity contribution is 6.02. The van der Waals surface area contributed by atoms with Gasteiger partial charge in [-0.15, -0.1) is 0 Å². The highest BCUT2D eigenvalue weighted by Gasteiger charge is 2.09. The summed E-state index contributed by atoms with van der Waals surface area (Å²) in [6.45, 7) is 0. The molecule has 8 nitrogen and oxygen atoms in total. The third kappa shape index (κ3) is 2.43. The van der Waals surface area contributed by atoms with Crippen molar-refractivity contribution in [1.82, 2.24) is 20.4 Å². The second kappa shape index (κ2) is 4.39. The van der Waals surface area contributed by atoms with E-state index in [9.17, 15) is 9.59 Å². The van der Waals surface area contributed by atoms with Gasteiger partial charge in [0, 0.05) is 0 Å². The molecule has 0 aliphatic carbocycles. The minimum absolute atomic E-state index is 0.0931. The van der Waals surface area contributed by atoms with Gasteiger partial charge in [0.25, 0.3) is 5.91 Å². The van der Waals surface area contributed by atoms with E-state index >= 15 is 0 Å². The number of aromatic amines is 1. The Balaban J connectivity index is 2.09. The smallest absolute Gasteiger partial charge is 0.354 e. The first-order chi connectivity index (χ1) is 8.16. The highest BCUT2D eigenvalue weighted by atomic mass is 16.4. The quantitative estimate of drug-likeness (QED) is 0.693. The lowest BCUT2D eigenvalue weighted by molar-refractivity contribution is 0.0690. The molecule has 0 aliphatic heterocycles. The Bertz CT molecular complexity index is 534. The number of anilines is 1. The van der Waals surface area contributed by atoms with Crippen molar-refractivity contribution < 1.29 is 14.7 Å². The maximum atomic E-state index is 11.5. The maximum absolute atomic E-state index is 11.5. The summed E-state index contributed by atoms with van der Waals surface area (Å²) < 4.78 is 0. The summed E-state index contributed by atoms with van der Waals surface area (Å²) in [5.74, 6) is -1.58. The molecule has 0 saturated heterocycles. The monoisotopic (exact) mass is 233 g/mol. The Morgan fingerprint density at radius 3 is 2.59 bits per heavy atom. The average molecular weight is 233 g/mol. The molecule has 0 aromatic carbocycles. The summed E-state index contributed by atoms with van der Waals surface area (Å²) in [7, 11) is 0. The Morgan fingerprint density at radius 1 is 1.24 bits per heavy atom. The van der Waals surface area contributed by atoms with Crippen LogP contribution in [0.4, 0.5) is 5.69 Å². The third-order valence-electron chi connectivity index (χ3n) is 1.89. The zero-order chi connectivity index (χ0) is 12.3. The summed E-state index contributed by atoms with van der Waals surface area (Å²) >= 11 is 0. The standard InChI is InChI=1S/C9H7N5O3/c15-8(7-4-11-14-13-7)12-5-1-2-6(9(16)17)10-3-5/h1-4H,(H,12,15)(H,16,17)(H,11,13,14). The topological polar surface area (TPSA) is 121 Å². The summed E-state index contributed by atoms with van der Waals surface area (Å²) in [6.07, 6.45) is 2.52. The Labute approximate surface area is 94.7 Å². The molecule has 2 aromatic rings. The predicted octanol–water partition coefficient (Wildman–Crippen LogP) is 0.150. The Kier molecular flexibility index (Phi) is 2.77. The van der Waals surface area contributed by atoms with Crippen LogP contribution >= 0.6 is 0 Å². The van der Waals surface area contributed by atoms with Crippen LogP contribution in [0, 0.1) is 0 Å². The molecule has 3 N–H and O–H groups in total. The van der Waals surface area contributed by atoms with E-state index in [1.807, 2.05) is 0 Å². The number of carboxylic acids is 1. The molecular weight excluding hydrogens is 226 g/mol. The lowest BCUT2D eigenvalue weighted by atomic mass is 10.3. The van der Waals surface area contributed by atoms with Gasteiger partial charge < -0.3 is 10.4 Å². The number of nitrogens with zero attached hydrogens (tertiary/aromatic N) is 3. The number of pyridine rings is 1. The lowest BCUT2D eigenvalue weighted by Crippen LogP contribution is -2.13. The van der Waals surface area contributed by atoms with Crippen molar-refractivity contribution in [2.45, 2.75) is 0 Å². The van der Waals surface area contributed by atoms with Crippen molar-refractivity contribution in [3.63, 3.8) is 0 Å². The second-order valence-corrected chi connectivity index (χ2v) is 3.05. The minimum Gasteiger partial charge on any atom is -0.477 e. The fourth-order valence-corrected chi connectivity index (χ4v) is 1.10. The lowest BCUT2D eigenvalue weighted by Gasteiger charge is -2.02. The number of carbonyl (C=O) groups excluding carboxylic acids is 1. The molecule has 86 valence electrons. The molecule has 0 spiro atoms. The van der Waals surface area contributed by atoms with Crippen molar-refractivity contribution in [3.05, 3.63) is 35.9 Å². The van der Waals surface area contributed by atoms with E-state index in [2.05, 4.69) is 25.7 Å².